The molecule has 0 bridgehead atoms. The SMILES string of the molecule is Cc1ccccc1C(=O)Nc1ccc2nc(SCC(=O)Nc3cccc(Cl)c3)sc2c1. The number of anilines is 2. The lowest BCUT2D eigenvalue weighted by atomic mass is 10.1. The highest BCUT2D eigenvalue weighted by Gasteiger charge is 2.12. The van der Waals surface area contributed by atoms with Crippen molar-refractivity contribution in [2.75, 3.05) is 16.4 Å². The summed E-state index contributed by atoms with van der Waals surface area (Å²) >= 11 is 8.80. The van der Waals surface area contributed by atoms with E-state index in [0.717, 1.165) is 20.1 Å². The Labute approximate surface area is 192 Å². The molecule has 0 fully saturated rings. The monoisotopic (exact) mass is 467 g/mol. The van der Waals surface area contributed by atoms with Crippen molar-refractivity contribution in [3.63, 3.8) is 0 Å². The van der Waals surface area contributed by atoms with Crippen molar-refractivity contribution < 1.29 is 9.59 Å². The van der Waals surface area contributed by atoms with E-state index in [0.29, 0.717) is 22.0 Å². The maximum absolute atomic E-state index is 12.5. The molecular formula is C23H18ClN3O2S2. The van der Waals surface area contributed by atoms with Crippen molar-refractivity contribution in [3.05, 3.63) is 82.9 Å². The Bertz CT molecular complexity index is 1270. The second kappa shape index (κ2) is 9.51. The highest BCUT2D eigenvalue weighted by atomic mass is 35.5. The van der Waals surface area contributed by atoms with Gasteiger partial charge in [-0.15, -0.1) is 11.3 Å². The van der Waals surface area contributed by atoms with Crippen molar-refractivity contribution >= 4 is 68.1 Å². The highest BCUT2D eigenvalue weighted by Crippen LogP contribution is 2.31. The van der Waals surface area contributed by atoms with E-state index in [-0.39, 0.29) is 17.6 Å². The van der Waals surface area contributed by atoms with Gasteiger partial charge in [0.2, 0.25) is 5.91 Å². The van der Waals surface area contributed by atoms with Gasteiger partial charge in [0.15, 0.2) is 4.34 Å². The lowest BCUT2D eigenvalue weighted by Gasteiger charge is -2.07. The van der Waals surface area contributed by atoms with E-state index in [9.17, 15) is 9.59 Å². The predicted molar refractivity (Wildman–Crippen MR) is 130 cm³/mol. The van der Waals surface area contributed by atoms with Gasteiger partial charge in [0.05, 0.1) is 16.0 Å². The number of fused-ring (bicyclic) bond motifs is 1. The van der Waals surface area contributed by atoms with E-state index in [4.69, 9.17) is 11.6 Å². The third-order valence-electron chi connectivity index (χ3n) is 4.45. The molecular weight excluding hydrogens is 450 g/mol. The average molecular weight is 468 g/mol. The number of aromatic nitrogens is 1. The molecule has 0 unspecified atom stereocenters. The first kappa shape index (κ1) is 21.4. The fraction of sp³-hybridized carbons (Fsp3) is 0.0870. The lowest BCUT2D eigenvalue weighted by Crippen LogP contribution is -2.13. The van der Waals surface area contributed by atoms with Crippen molar-refractivity contribution in [2.24, 2.45) is 0 Å². The molecule has 2 amide bonds. The summed E-state index contributed by atoms with van der Waals surface area (Å²) < 4.78 is 1.74. The molecule has 0 aliphatic heterocycles. The van der Waals surface area contributed by atoms with Crippen molar-refractivity contribution in [1.29, 1.82) is 0 Å². The largest absolute Gasteiger partial charge is 0.325 e. The van der Waals surface area contributed by atoms with E-state index in [1.807, 2.05) is 43.3 Å². The minimum Gasteiger partial charge on any atom is -0.325 e. The number of carbonyl (C=O) groups is 2. The maximum atomic E-state index is 12.5. The second-order valence-electron chi connectivity index (χ2n) is 6.78. The van der Waals surface area contributed by atoms with Crippen molar-refractivity contribution in [2.45, 2.75) is 11.3 Å². The van der Waals surface area contributed by atoms with Gasteiger partial charge in [0.1, 0.15) is 0 Å². The highest BCUT2D eigenvalue weighted by molar-refractivity contribution is 8.01. The summed E-state index contributed by atoms with van der Waals surface area (Å²) in [4.78, 5) is 29.3. The first-order valence-corrected chi connectivity index (χ1v) is 11.6. The molecule has 3 aromatic carbocycles. The summed E-state index contributed by atoms with van der Waals surface area (Å²) in [6, 6.07) is 20.1. The molecule has 4 rings (SSSR count). The standard InChI is InChI=1S/C23H18ClN3O2S2/c1-14-5-2-3-8-18(14)22(29)26-17-9-10-19-20(12-17)31-23(27-19)30-13-21(28)25-16-7-4-6-15(24)11-16/h2-12H,13H2,1H3,(H,25,28)(H,26,29). The van der Waals surface area contributed by atoms with E-state index < -0.39 is 0 Å². The zero-order valence-electron chi connectivity index (χ0n) is 16.5. The number of carbonyl (C=O) groups excluding carboxylic acids is 2. The fourth-order valence-corrected chi connectivity index (χ4v) is 5.06. The summed E-state index contributed by atoms with van der Waals surface area (Å²) in [6.07, 6.45) is 0. The zero-order chi connectivity index (χ0) is 21.8. The number of thioether (sulfide) groups is 1. The van der Waals surface area contributed by atoms with Crippen LogP contribution in [-0.2, 0) is 4.79 Å². The third kappa shape index (κ3) is 5.44. The Balaban J connectivity index is 1.40. The Morgan fingerprint density at radius 2 is 1.81 bits per heavy atom. The third-order valence-corrected chi connectivity index (χ3v) is 6.85. The molecule has 0 spiro atoms. The van der Waals surface area contributed by atoms with Crippen molar-refractivity contribution in [3.8, 4) is 0 Å². The minimum atomic E-state index is -0.144. The number of aryl methyl sites for hydroxylation is 1. The van der Waals surface area contributed by atoms with Crippen LogP contribution < -0.4 is 10.6 Å². The normalized spacial score (nSPS) is 10.8. The van der Waals surface area contributed by atoms with E-state index in [2.05, 4.69) is 15.6 Å². The molecule has 0 saturated carbocycles. The quantitative estimate of drug-likeness (QED) is 0.329. The number of nitrogens with zero attached hydrogens (tertiary/aromatic N) is 1. The predicted octanol–water partition coefficient (Wildman–Crippen LogP) is 6.24. The Kier molecular flexibility index (Phi) is 6.56. The molecule has 0 atom stereocenters. The van der Waals surface area contributed by atoms with Crippen LogP contribution in [0, 0.1) is 6.92 Å². The molecule has 5 nitrogen and oxygen atoms in total. The van der Waals surface area contributed by atoms with Gasteiger partial charge in [-0.1, -0.05) is 47.6 Å². The van der Waals surface area contributed by atoms with Gasteiger partial charge in [-0.25, -0.2) is 4.98 Å². The number of halogens is 1. The Morgan fingerprint density at radius 3 is 2.61 bits per heavy atom. The summed E-state index contributed by atoms with van der Waals surface area (Å²) in [6.45, 7) is 1.91. The van der Waals surface area contributed by atoms with Gasteiger partial charge < -0.3 is 10.6 Å². The van der Waals surface area contributed by atoms with Crippen LogP contribution in [0.3, 0.4) is 0 Å². The van der Waals surface area contributed by atoms with Crippen LogP contribution in [0.1, 0.15) is 15.9 Å². The van der Waals surface area contributed by atoms with E-state index >= 15 is 0 Å². The summed E-state index contributed by atoms with van der Waals surface area (Å²) in [5.41, 5.74) is 3.77. The average Bonchev–Trinajstić information content (AvgIpc) is 3.15. The van der Waals surface area contributed by atoms with Crippen LogP contribution in [0.4, 0.5) is 11.4 Å². The Morgan fingerprint density at radius 1 is 1.00 bits per heavy atom. The number of thiazole rings is 1. The Hall–Kier alpha value is -2.87. The van der Waals surface area contributed by atoms with Crippen molar-refractivity contribution in [1.82, 2.24) is 4.98 Å². The van der Waals surface area contributed by atoms with Gasteiger partial charge in [-0.2, -0.15) is 0 Å². The van der Waals surface area contributed by atoms with E-state index in [1.165, 1.54) is 23.1 Å². The first-order chi connectivity index (χ1) is 15.0. The van der Waals surface area contributed by atoms with Gasteiger partial charge in [0.25, 0.3) is 5.91 Å². The summed E-state index contributed by atoms with van der Waals surface area (Å²) in [5.74, 6) is -0.0320. The molecule has 156 valence electrons. The minimum absolute atomic E-state index is 0.127. The smallest absolute Gasteiger partial charge is 0.255 e. The first-order valence-electron chi connectivity index (χ1n) is 9.44. The molecule has 1 heterocycles. The summed E-state index contributed by atoms with van der Waals surface area (Å²) in [5, 5.41) is 6.33. The van der Waals surface area contributed by atoms with Crippen LogP contribution in [0.5, 0.6) is 0 Å². The molecule has 1 aromatic heterocycles. The van der Waals surface area contributed by atoms with Crippen LogP contribution in [-0.4, -0.2) is 22.6 Å². The number of amides is 2. The molecule has 4 aromatic rings. The number of hydrogen-bond acceptors (Lipinski definition) is 5. The molecule has 31 heavy (non-hydrogen) atoms. The van der Waals surface area contributed by atoms with Crippen LogP contribution in [0.2, 0.25) is 5.02 Å². The topological polar surface area (TPSA) is 71.1 Å². The van der Waals surface area contributed by atoms with Gasteiger partial charge >= 0.3 is 0 Å². The van der Waals surface area contributed by atoms with E-state index in [1.54, 1.807) is 30.3 Å². The van der Waals surface area contributed by atoms with Crippen LogP contribution >= 0.6 is 34.7 Å². The summed E-state index contributed by atoms with van der Waals surface area (Å²) in [7, 11) is 0. The number of benzene rings is 3. The second-order valence-corrected chi connectivity index (χ2v) is 9.47. The van der Waals surface area contributed by atoms with Gasteiger partial charge in [0, 0.05) is 22.0 Å². The molecule has 0 saturated heterocycles. The maximum Gasteiger partial charge on any atom is 0.255 e. The molecule has 0 aliphatic rings. The van der Waals surface area contributed by atoms with Gasteiger partial charge in [-0.3, -0.25) is 9.59 Å². The number of rotatable bonds is 6. The molecule has 0 radical (unpaired) electrons. The molecule has 0 aliphatic carbocycles. The van der Waals surface area contributed by atoms with Crippen LogP contribution in [0.15, 0.2) is 71.1 Å². The van der Waals surface area contributed by atoms with Crippen LogP contribution in [0.25, 0.3) is 10.2 Å². The van der Waals surface area contributed by atoms with Gasteiger partial charge in [-0.05, 0) is 55.0 Å². The molecule has 8 heteroatoms. The number of hydrogen-bond donors (Lipinski definition) is 2. The lowest BCUT2D eigenvalue weighted by molar-refractivity contribution is -0.113. The molecule has 2 N–H and O–H groups in total. The number of nitrogens with one attached hydrogen (secondary N) is 2. The fourth-order valence-electron chi connectivity index (χ4n) is 2.96. The zero-order valence-corrected chi connectivity index (χ0v) is 18.9.